The van der Waals surface area contributed by atoms with Gasteiger partial charge >= 0.3 is 5.97 Å². The monoisotopic (exact) mass is 557 g/mol. The highest BCUT2D eigenvalue weighted by Gasteiger charge is 2.41. The number of likely N-dealkylation sites (N-methyl/N-ethyl adjacent to an activating group) is 1. The van der Waals surface area contributed by atoms with Gasteiger partial charge < -0.3 is 29.8 Å². The van der Waals surface area contributed by atoms with Gasteiger partial charge in [-0.1, -0.05) is 11.6 Å². The predicted octanol–water partition coefficient (Wildman–Crippen LogP) is 4.16. The summed E-state index contributed by atoms with van der Waals surface area (Å²) in [5.41, 5.74) is 4.66. The molecule has 204 valence electrons. The third kappa shape index (κ3) is 3.59. The van der Waals surface area contributed by atoms with Gasteiger partial charge in [-0.3, -0.25) is 4.79 Å². The number of aromatic nitrogens is 4. The molecule has 2 fully saturated rings. The Labute approximate surface area is 234 Å². The number of carboxylic acids is 1. The molecule has 5 aromatic rings. The van der Waals surface area contributed by atoms with Crippen molar-refractivity contribution >= 4 is 61.9 Å². The molecule has 7 rings (SSSR count). The number of pyridine rings is 3. The number of benzene rings is 1. The molecule has 6 heterocycles. The lowest BCUT2D eigenvalue weighted by Crippen LogP contribution is -2.32. The van der Waals surface area contributed by atoms with Crippen LogP contribution < -0.4 is 15.6 Å². The first-order valence-corrected chi connectivity index (χ1v) is 13.6. The van der Waals surface area contributed by atoms with E-state index >= 15 is 0 Å². The standard InChI is InChI=1S/C29H28ClN7O3/c1-31-21-8-16(30)7-17-23-25(37-11-14-4-5-35(2)22(14)13-37)19(10-32-27(23)34-24(17)21)15-6-18-26(38)20(29(39)40)12-36(3)28(18)33-9-15/h6-10,12,14,22,31H,4-5,11,13H2,1-3H3,(H,32,34)(H,39,40). The summed E-state index contributed by atoms with van der Waals surface area (Å²) in [4.78, 5) is 42.7. The van der Waals surface area contributed by atoms with Crippen molar-refractivity contribution in [3.05, 3.63) is 57.6 Å². The number of anilines is 2. The van der Waals surface area contributed by atoms with E-state index in [1.807, 2.05) is 25.4 Å². The molecule has 0 radical (unpaired) electrons. The number of rotatable bonds is 4. The molecule has 0 amide bonds. The number of carboxylic acid groups (broad SMARTS) is 1. The molecule has 0 spiro atoms. The van der Waals surface area contributed by atoms with Crippen LogP contribution in [-0.2, 0) is 7.05 Å². The molecule has 4 aromatic heterocycles. The van der Waals surface area contributed by atoms with E-state index in [9.17, 15) is 14.7 Å². The Morgan fingerprint density at radius 1 is 1.15 bits per heavy atom. The number of halogens is 1. The zero-order valence-corrected chi connectivity index (χ0v) is 23.1. The average Bonchev–Trinajstić information content (AvgIpc) is 3.63. The fourth-order valence-corrected chi connectivity index (χ4v) is 6.88. The van der Waals surface area contributed by atoms with E-state index in [-0.39, 0.29) is 10.9 Å². The minimum Gasteiger partial charge on any atom is -0.477 e. The van der Waals surface area contributed by atoms with Crippen LogP contribution in [0.2, 0.25) is 5.02 Å². The van der Waals surface area contributed by atoms with Crippen LogP contribution in [0, 0.1) is 5.92 Å². The van der Waals surface area contributed by atoms with Crippen LogP contribution in [-0.4, -0.2) is 75.3 Å². The molecule has 10 nitrogen and oxygen atoms in total. The summed E-state index contributed by atoms with van der Waals surface area (Å²) in [6.45, 7) is 2.87. The van der Waals surface area contributed by atoms with E-state index in [1.54, 1.807) is 23.9 Å². The number of fused-ring (bicyclic) bond motifs is 5. The number of nitrogens with one attached hydrogen (secondary N) is 2. The summed E-state index contributed by atoms with van der Waals surface area (Å²) < 4.78 is 1.57. The van der Waals surface area contributed by atoms with E-state index < -0.39 is 11.4 Å². The summed E-state index contributed by atoms with van der Waals surface area (Å²) in [5, 5.41) is 15.6. The number of hydrogen-bond donors (Lipinski definition) is 3. The highest BCUT2D eigenvalue weighted by atomic mass is 35.5. The van der Waals surface area contributed by atoms with Crippen LogP contribution in [0.25, 0.3) is 44.1 Å². The van der Waals surface area contributed by atoms with Crippen LogP contribution >= 0.6 is 11.6 Å². The first-order valence-electron chi connectivity index (χ1n) is 13.2. The maximum Gasteiger partial charge on any atom is 0.341 e. The van der Waals surface area contributed by atoms with E-state index in [1.165, 1.54) is 6.20 Å². The van der Waals surface area contributed by atoms with Crippen LogP contribution in [0.3, 0.4) is 0 Å². The summed E-state index contributed by atoms with van der Waals surface area (Å²) in [5.74, 6) is -0.705. The van der Waals surface area contributed by atoms with Crippen LogP contribution in [0.4, 0.5) is 11.4 Å². The Morgan fingerprint density at radius 3 is 2.73 bits per heavy atom. The molecule has 40 heavy (non-hydrogen) atoms. The number of aromatic carboxylic acids is 1. The molecular weight excluding hydrogens is 530 g/mol. The lowest BCUT2D eigenvalue weighted by Gasteiger charge is -2.25. The summed E-state index contributed by atoms with van der Waals surface area (Å²) in [7, 11) is 5.74. The normalized spacial score (nSPS) is 19.2. The van der Waals surface area contributed by atoms with Gasteiger partial charge in [0.05, 0.1) is 27.7 Å². The van der Waals surface area contributed by atoms with Gasteiger partial charge in [-0.25, -0.2) is 14.8 Å². The van der Waals surface area contributed by atoms with E-state index in [2.05, 4.69) is 32.1 Å². The molecule has 3 N–H and O–H groups in total. The van der Waals surface area contributed by atoms with Crippen LogP contribution in [0.1, 0.15) is 16.8 Å². The number of H-pyrrole nitrogens is 1. The Morgan fingerprint density at radius 2 is 1.98 bits per heavy atom. The molecule has 2 aliphatic rings. The maximum atomic E-state index is 13.2. The van der Waals surface area contributed by atoms with Crippen LogP contribution in [0.5, 0.6) is 0 Å². The molecule has 1 aromatic carbocycles. The largest absolute Gasteiger partial charge is 0.477 e. The van der Waals surface area contributed by atoms with Crippen molar-refractivity contribution < 1.29 is 9.90 Å². The highest BCUT2D eigenvalue weighted by molar-refractivity contribution is 6.33. The molecule has 0 aliphatic carbocycles. The van der Waals surface area contributed by atoms with Gasteiger partial charge in [0.1, 0.15) is 16.9 Å². The SMILES string of the molecule is CNc1cc(Cl)cc2c1[nH]c1ncc(-c3cnc4c(c3)c(=O)c(C(=O)O)cn4C)c(N3CC4CCN(C)C4C3)c12. The quantitative estimate of drug-likeness (QED) is 0.301. The molecule has 2 saturated heterocycles. The zero-order valence-electron chi connectivity index (χ0n) is 22.3. The summed E-state index contributed by atoms with van der Waals surface area (Å²) in [6.07, 6.45) is 6.02. The lowest BCUT2D eigenvalue weighted by molar-refractivity contribution is 0.0695. The Kier molecular flexibility index (Phi) is 5.55. The first-order chi connectivity index (χ1) is 19.2. The number of carbonyl (C=O) groups is 1. The zero-order chi connectivity index (χ0) is 27.9. The van der Waals surface area contributed by atoms with Crippen molar-refractivity contribution in [3.63, 3.8) is 0 Å². The van der Waals surface area contributed by atoms with Gasteiger partial charge in [0, 0.05) is 73.4 Å². The Balaban J connectivity index is 1.53. The third-order valence-electron chi connectivity index (χ3n) is 8.63. The van der Waals surface area contributed by atoms with Gasteiger partial charge in [0.25, 0.3) is 0 Å². The molecule has 2 unspecified atom stereocenters. The molecule has 0 bridgehead atoms. The topological polar surface area (TPSA) is 119 Å². The van der Waals surface area contributed by atoms with Gasteiger partial charge in [-0.15, -0.1) is 0 Å². The smallest absolute Gasteiger partial charge is 0.341 e. The number of aryl methyl sites for hydroxylation is 1. The van der Waals surface area contributed by atoms with E-state index in [4.69, 9.17) is 16.6 Å². The van der Waals surface area contributed by atoms with Crippen molar-refractivity contribution in [2.45, 2.75) is 12.5 Å². The van der Waals surface area contributed by atoms with Gasteiger partial charge in [0.15, 0.2) is 0 Å². The van der Waals surface area contributed by atoms with E-state index in [0.717, 1.165) is 64.9 Å². The second kappa shape index (κ2) is 8.94. The molecular formula is C29H28ClN7O3. The minimum absolute atomic E-state index is 0.253. The Bertz CT molecular complexity index is 1930. The first kappa shape index (κ1) is 24.9. The third-order valence-corrected chi connectivity index (χ3v) is 8.85. The van der Waals surface area contributed by atoms with Crippen molar-refractivity contribution in [2.75, 3.05) is 43.9 Å². The van der Waals surface area contributed by atoms with Gasteiger partial charge in [-0.2, -0.15) is 0 Å². The van der Waals surface area contributed by atoms with Crippen molar-refractivity contribution in [1.29, 1.82) is 0 Å². The molecule has 2 aliphatic heterocycles. The fraction of sp³-hybridized carbons (Fsp3) is 0.310. The van der Waals surface area contributed by atoms with Gasteiger partial charge in [-0.05, 0) is 44.1 Å². The van der Waals surface area contributed by atoms with Crippen molar-refractivity contribution in [3.8, 4) is 11.1 Å². The number of aromatic amines is 1. The molecule has 2 atom stereocenters. The maximum absolute atomic E-state index is 13.2. The highest BCUT2D eigenvalue weighted by Crippen LogP contribution is 2.45. The van der Waals surface area contributed by atoms with E-state index in [0.29, 0.717) is 28.2 Å². The van der Waals surface area contributed by atoms with Crippen molar-refractivity contribution in [1.82, 2.24) is 24.4 Å². The molecule has 11 heteroatoms. The average molecular weight is 558 g/mol. The second-order valence-corrected chi connectivity index (χ2v) is 11.3. The van der Waals surface area contributed by atoms with Crippen molar-refractivity contribution in [2.24, 2.45) is 13.0 Å². The number of nitrogens with zero attached hydrogens (tertiary/aromatic N) is 5. The molecule has 0 saturated carbocycles. The summed E-state index contributed by atoms with van der Waals surface area (Å²) >= 11 is 6.57. The Hall–Kier alpha value is -4.15. The number of likely N-dealkylation sites (tertiary alicyclic amines) is 1. The predicted molar refractivity (Wildman–Crippen MR) is 158 cm³/mol. The second-order valence-electron chi connectivity index (χ2n) is 10.9. The fourth-order valence-electron chi connectivity index (χ4n) is 6.66. The van der Waals surface area contributed by atoms with Gasteiger partial charge in [0.2, 0.25) is 5.43 Å². The van der Waals surface area contributed by atoms with Crippen LogP contribution in [0.15, 0.2) is 41.6 Å². The summed E-state index contributed by atoms with van der Waals surface area (Å²) in [6, 6.07) is 6.05. The lowest BCUT2D eigenvalue weighted by atomic mass is 10.0. The minimum atomic E-state index is -1.26. The number of hydrogen-bond acceptors (Lipinski definition) is 7.